The predicted molar refractivity (Wildman–Crippen MR) is 72.9 cm³/mol. The van der Waals surface area contributed by atoms with Gasteiger partial charge in [0, 0.05) is 24.3 Å². The Bertz CT molecular complexity index is 422. The van der Waals surface area contributed by atoms with E-state index in [1.165, 1.54) is 12.8 Å². The van der Waals surface area contributed by atoms with Crippen LogP contribution in [0.5, 0.6) is 0 Å². The minimum atomic E-state index is -0.0341. The maximum absolute atomic E-state index is 12.1. The third-order valence-corrected chi connectivity index (χ3v) is 3.96. The van der Waals surface area contributed by atoms with Crippen LogP contribution in [-0.2, 0) is 0 Å². The van der Waals surface area contributed by atoms with Crippen LogP contribution < -0.4 is 5.32 Å². The summed E-state index contributed by atoms with van der Waals surface area (Å²) in [7, 11) is 0. The van der Waals surface area contributed by atoms with Gasteiger partial charge in [0.25, 0.3) is 5.91 Å². The van der Waals surface area contributed by atoms with E-state index in [9.17, 15) is 4.79 Å². The van der Waals surface area contributed by atoms with Crippen molar-refractivity contribution in [3.8, 4) is 0 Å². The number of alkyl halides is 1. The molecule has 1 N–H and O–H groups in total. The molecule has 0 radical (unpaired) electrons. The van der Waals surface area contributed by atoms with Crippen LogP contribution in [0.2, 0.25) is 0 Å². The number of nitrogens with one attached hydrogen (secondary N) is 1. The molecule has 2 rings (SSSR count). The van der Waals surface area contributed by atoms with E-state index < -0.39 is 0 Å². The zero-order chi connectivity index (χ0) is 13.0. The molecule has 0 saturated heterocycles. The van der Waals surface area contributed by atoms with E-state index >= 15 is 0 Å². The molecule has 1 aliphatic carbocycles. The SMILES string of the molecule is Cc1cncc(C(=O)NC2CCCCC2CCl)c1. The maximum atomic E-state index is 12.1. The number of rotatable bonds is 3. The topological polar surface area (TPSA) is 42.0 Å². The summed E-state index contributed by atoms with van der Waals surface area (Å²) in [6, 6.07) is 2.07. The Morgan fingerprint density at radius 1 is 1.44 bits per heavy atom. The van der Waals surface area contributed by atoms with Crippen molar-refractivity contribution in [1.29, 1.82) is 0 Å². The Balaban J connectivity index is 2.02. The van der Waals surface area contributed by atoms with Gasteiger partial charge in [-0.3, -0.25) is 9.78 Å². The average Bonchev–Trinajstić information content (AvgIpc) is 2.39. The molecule has 1 aromatic rings. The van der Waals surface area contributed by atoms with Gasteiger partial charge in [-0.25, -0.2) is 0 Å². The number of pyridine rings is 1. The second kappa shape index (κ2) is 6.19. The molecule has 3 nitrogen and oxygen atoms in total. The number of carbonyl (C=O) groups excluding carboxylic acids is 1. The number of nitrogens with zero attached hydrogens (tertiary/aromatic N) is 1. The molecule has 1 aliphatic rings. The van der Waals surface area contributed by atoms with E-state index in [1.54, 1.807) is 12.4 Å². The predicted octanol–water partition coefficient (Wildman–Crippen LogP) is 2.92. The van der Waals surface area contributed by atoms with Gasteiger partial charge in [-0.15, -0.1) is 11.6 Å². The minimum absolute atomic E-state index is 0.0341. The lowest BCUT2D eigenvalue weighted by atomic mass is 9.85. The van der Waals surface area contributed by atoms with Gasteiger partial charge in [0.15, 0.2) is 0 Å². The lowest BCUT2D eigenvalue weighted by Gasteiger charge is -2.30. The monoisotopic (exact) mass is 266 g/mol. The average molecular weight is 267 g/mol. The van der Waals surface area contributed by atoms with Gasteiger partial charge in [0.1, 0.15) is 0 Å². The fraction of sp³-hybridized carbons (Fsp3) is 0.571. The fourth-order valence-corrected chi connectivity index (χ4v) is 2.88. The summed E-state index contributed by atoms with van der Waals surface area (Å²) in [5.41, 5.74) is 1.63. The van der Waals surface area contributed by atoms with Crippen LogP contribution in [0, 0.1) is 12.8 Å². The number of halogens is 1. The van der Waals surface area contributed by atoms with Crippen LogP contribution in [0.4, 0.5) is 0 Å². The molecule has 2 unspecified atom stereocenters. The van der Waals surface area contributed by atoms with Crippen LogP contribution in [-0.4, -0.2) is 22.8 Å². The molecule has 1 saturated carbocycles. The Morgan fingerprint density at radius 3 is 2.94 bits per heavy atom. The van der Waals surface area contributed by atoms with Crippen molar-refractivity contribution < 1.29 is 4.79 Å². The van der Waals surface area contributed by atoms with E-state index in [0.29, 0.717) is 17.4 Å². The lowest BCUT2D eigenvalue weighted by molar-refractivity contribution is 0.0910. The molecule has 0 aromatic carbocycles. The molecule has 4 heteroatoms. The minimum Gasteiger partial charge on any atom is -0.349 e. The van der Waals surface area contributed by atoms with Gasteiger partial charge in [0.05, 0.1) is 5.56 Å². The van der Waals surface area contributed by atoms with Gasteiger partial charge in [-0.1, -0.05) is 12.8 Å². The highest BCUT2D eigenvalue weighted by Gasteiger charge is 2.26. The molecule has 1 heterocycles. The third-order valence-electron chi connectivity index (χ3n) is 3.56. The van der Waals surface area contributed by atoms with Gasteiger partial charge < -0.3 is 5.32 Å². The van der Waals surface area contributed by atoms with Crippen LogP contribution in [0.3, 0.4) is 0 Å². The number of aromatic nitrogens is 1. The number of aryl methyl sites for hydroxylation is 1. The summed E-state index contributed by atoms with van der Waals surface area (Å²) in [5, 5.41) is 3.10. The van der Waals surface area contributed by atoms with Crippen molar-refractivity contribution in [2.45, 2.75) is 38.6 Å². The first-order chi connectivity index (χ1) is 8.70. The summed E-state index contributed by atoms with van der Waals surface area (Å²) in [5.74, 6) is 0.993. The summed E-state index contributed by atoms with van der Waals surface area (Å²) < 4.78 is 0. The quantitative estimate of drug-likeness (QED) is 0.855. The van der Waals surface area contributed by atoms with Crippen LogP contribution >= 0.6 is 11.6 Å². The molecule has 0 bridgehead atoms. The van der Waals surface area contributed by atoms with Crippen molar-refractivity contribution in [2.75, 3.05) is 5.88 Å². The third kappa shape index (κ3) is 3.22. The molecule has 1 aromatic heterocycles. The zero-order valence-corrected chi connectivity index (χ0v) is 11.4. The number of hydrogen-bond donors (Lipinski definition) is 1. The maximum Gasteiger partial charge on any atom is 0.253 e. The largest absolute Gasteiger partial charge is 0.349 e. The van der Waals surface area contributed by atoms with Crippen LogP contribution in [0.15, 0.2) is 18.5 Å². The molecule has 98 valence electrons. The smallest absolute Gasteiger partial charge is 0.253 e. The fourth-order valence-electron chi connectivity index (χ4n) is 2.51. The first-order valence-corrected chi connectivity index (χ1v) is 7.02. The van der Waals surface area contributed by atoms with Crippen molar-refractivity contribution in [1.82, 2.24) is 10.3 Å². The summed E-state index contributed by atoms with van der Waals surface area (Å²) in [4.78, 5) is 16.2. The van der Waals surface area contributed by atoms with E-state index in [1.807, 2.05) is 13.0 Å². The molecule has 18 heavy (non-hydrogen) atoms. The highest BCUT2D eigenvalue weighted by Crippen LogP contribution is 2.25. The van der Waals surface area contributed by atoms with Crippen molar-refractivity contribution >= 4 is 17.5 Å². The zero-order valence-electron chi connectivity index (χ0n) is 10.7. The molecule has 0 spiro atoms. The molecular weight excluding hydrogens is 248 g/mol. The lowest BCUT2D eigenvalue weighted by Crippen LogP contribution is -2.42. The summed E-state index contributed by atoms with van der Waals surface area (Å²) in [6.07, 6.45) is 7.89. The Hall–Kier alpha value is -1.09. The second-order valence-corrected chi connectivity index (χ2v) is 5.34. The number of amides is 1. The second-order valence-electron chi connectivity index (χ2n) is 5.03. The normalized spacial score (nSPS) is 23.7. The van der Waals surface area contributed by atoms with Gasteiger partial charge >= 0.3 is 0 Å². The highest BCUT2D eigenvalue weighted by atomic mass is 35.5. The van der Waals surface area contributed by atoms with E-state index in [-0.39, 0.29) is 11.9 Å². The van der Waals surface area contributed by atoms with Crippen molar-refractivity contribution in [2.24, 2.45) is 5.92 Å². The molecular formula is C14H19ClN2O. The van der Waals surface area contributed by atoms with Crippen LogP contribution in [0.1, 0.15) is 41.6 Å². The molecule has 2 atom stereocenters. The molecule has 0 aliphatic heterocycles. The first kappa shape index (κ1) is 13.3. The van der Waals surface area contributed by atoms with Crippen molar-refractivity contribution in [3.05, 3.63) is 29.6 Å². The van der Waals surface area contributed by atoms with Gasteiger partial charge in [0.2, 0.25) is 0 Å². The molecule has 1 amide bonds. The number of carbonyl (C=O) groups is 1. The van der Waals surface area contributed by atoms with E-state index in [2.05, 4.69) is 10.3 Å². The van der Waals surface area contributed by atoms with Crippen molar-refractivity contribution in [3.63, 3.8) is 0 Å². The highest BCUT2D eigenvalue weighted by molar-refractivity contribution is 6.18. The summed E-state index contributed by atoms with van der Waals surface area (Å²) in [6.45, 7) is 1.94. The Kier molecular flexibility index (Phi) is 4.59. The van der Waals surface area contributed by atoms with Crippen LogP contribution in [0.25, 0.3) is 0 Å². The van der Waals surface area contributed by atoms with E-state index in [0.717, 1.165) is 18.4 Å². The van der Waals surface area contributed by atoms with Gasteiger partial charge in [-0.2, -0.15) is 0 Å². The summed E-state index contributed by atoms with van der Waals surface area (Å²) >= 11 is 5.97. The first-order valence-electron chi connectivity index (χ1n) is 6.49. The van der Waals surface area contributed by atoms with E-state index in [4.69, 9.17) is 11.6 Å². The number of hydrogen-bond acceptors (Lipinski definition) is 2. The Labute approximate surface area is 113 Å². The Morgan fingerprint density at radius 2 is 2.22 bits per heavy atom. The standard InChI is InChI=1S/C14H19ClN2O/c1-10-6-12(9-16-8-10)14(18)17-13-5-3-2-4-11(13)7-15/h6,8-9,11,13H,2-5,7H2,1H3,(H,17,18). The van der Waals surface area contributed by atoms with Gasteiger partial charge in [-0.05, 0) is 37.3 Å². The molecule has 1 fully saturated rings.